The Bertz CT molecular complexity index is 1660. The first-order valence-corrected chi connectivity index (χ1v) is 13.1. The number of anilines is 1. The van der Waals surface area contributed by atoms with Crippen molar-refractivity contribution in [2.45, 2.75) is 44.7 Å². The van der Waals surface area contributed by atoms with Crippen LogP contribution in [0, 0.1) is 23.2 Å². The Morgan fingerprint density at radius 3 is 2.65 bits per heavy atom. The van der Waals surface area contributed by atoms with Gasteiger partial charge in [0.15, 0.2) is 0 Å². The molecule has 4 N–H and O–H groups in total. The zero-order chi connectivity index (χ0) is 28.3. The summed E-state index contributed by atoms with van der Waals surface area (Å²) >= 11 is 0. The molecule has 1 amide bonds. The first-order chi connectivity index (χ1) is 19.3. The van der Waals surface area contributed by atoms with Gasteiger partial charge in [-0.15, -0.1) is 16.1 Å². The third-order valence-corrected chi connectivity index (χ3v) is 7.10. The summed E-state index contributed by atoms with van der Waals surface area (Å²) in [6.07, 6.45) is 2.22. The number of benzene rings is 3. The highest BCUT2D eigenvalue weighted by Gasteiger charge is 2.31. The molecule has 0 aliphatic carbocycles. The van der Waals surface area contributed by atoms with Crippen molar-refractivity contribution in [2.75, 3.05) is 12.3 Å². The van der Waals surface area contributed by atoms with E-state index < -0.39 is 5.54 Å². The Kier molecular flexibility index (Phi) is 7.37. The van der Waals surface area contributed by atoms with Crippen LogP contribution in [-0.4, -0.2) is 33.6 Å². The molecule has 0 spiro atoms. The first kappa shape index (κ1) is 26.7. The number of carbonyl (C=O) groups is 1. The zero-order valence-corrected chi connectivity index (χ0v) is 22.5. The van der Waals surface area contributed by atoms with Gasteiger partial charge >= 0.3 is 0 Å². The summed E-state index contributed by atoms with van der Waals surface area (Å²) in [6, 6.07) is 22.5. The van der Waals surface area contributed by atoms with Crippen LogP contribution in [0.15, 0.2) is 71.1 Å². The molecule has 2 heterocycles. The summed E-state index contributed by atoms with van der Waals surface area (Å²) in [5.41, 5.74) is 15.8. The van der Waals surface area contributed by atoms with E-state index in [4.69, 9.17) is 15.9 Å². The molecule has 4 aromatic rings. The minimum absolute atomic E-state index is 0.141. The summed E-state index contributed by atoms with van der Waals surface area (Å²) < 4.78 is 6.11. The Morgan fingerprint density at radius 1 is 1.12 bits per heavy atom. The number of nitrogen functional groups attached to an aromatic ring is 1. The molecule has 40 heavy (non-hydrogen) atoms. The average Bonchev–Trinajstić information content (AvgIpc) is 3.64. The minimum Gasteiger partial charge on any atom is -0.419 e. The number of hydrogen-bond acceptors (Lipinski definition) is 7. The second kappa shape index (κ2) is 11.1. The average molecular weight is 531 g/mol. The van der Waals surface area contributed by atoms with Crippen LogP contribution >= 0.6 is 0 Å². The second-order valence-electron chi connectivity index (χ2n) is 10.2. The Morgan fingerprint density at radius 2 is 1.90 bits per heavy atom. The number of likely N-dealkylation sites (tertiary alicyclic amines) is 1. The third kappa shape index (κ3) is 5.31. The van der Waals surface area contributed by atoms with Crippen LogP contribution in [0.4, 0.5) is 5.69 Å². The van der Waals surface area contributed by atoms with Gasteiger partial charge in [0.1, 0.15) is 6.07 Å². The predicted molar refractivity (Wildman–Crippen MR) is 153 cm³/mol. The molecule has 0 saturated carbocycles. The van der Waals surface area contributed by atoms with Crippen LogP contribution in [0.25, 0.3) is 22.6 Å². The molecule has 0 radical (unpaired) electrons. The first-order valence-electron chi connectivity index (χ1n) is 13.1. The van der Waals surface area contributed by atoms with Crippen molar-refractivity contribution < 1.29 is 9.21 Å². The van der Waals surface area contributed by atoms with Crippen LogP contribution < -0.4 is 11.5 Å². The molecule has 200 valence electrons. The number of aromatic nitrogens is 2. The molecular weight excluding hydrogens is 500 g/mol. The molecule has 5 rings (SSSR count). The maximum Gasteiger partial charge on any atom is 0.254 e. The number of carbonyl (C=O) groups excluding carboxylic acids is 1. The molecule has 8 heteroatoms. The fourth-order valence-electron chi connectivity index (χ4n) is 5.12. The Hall–Kier alpha value is -4.92. The van der Waals surface area contributed by atoms with Gasteiger partial charge in [-0.3, -0.25) is 4.79 Å². The molecule has 1 unspecified atom stereocenters. The van der Waals surface area contributed by atoms with Gasteiger partial charge in [0.25, 0.3) is 5.91 Å². The molecule has 3 aromatic carbocycles. The number of nitrogens with zero attached hydrogens (tertiary/aromatic N) is 4. The maximum absolute atomic E-state index is 13.8. The molecule has 2 atom stereocenters. The van der Waals surface area contributed by atoms with Gasteiger partial charge in [-0.1, -0.05) is 48.4 Å². The van der Waals surface area contributed by atoms with Crippen molar-refractivity contribution in [1.82, 2.24) is 15.1 Å². The van der Waals surface area contributed by atoms with Gasteiger partial charge in [-0.2, -0.15) is 5.26 Å². The topological polar surface area (TPSA) is 135 Å². The third-order valence-electron chi connectivity index (χ3n) is 7.10. The SMILES string of the molecule is CC#CC1CCCN1C(=O)c1cc(-c2nnc([C@](C)(N)Cc3ccccc3)o2)cc(-c2cccc(N)c2C#N)c1. The number of amides is 1. The van der Waals surface area contributed by atoms with E-state index in [1.807, 2.05) is 43.3 Å². The molecule has 1 saturated heterocycles. The van der Waals surface area contributed by atoms with Crippen LogP contribution in [0.2, 0.25) is 0 Å². The number of nitriles is 1. The van der Waals surface area contributed by atoms with E-state index in [9.17, 15) is 10.1 Å². The van der Waals surface area contributed by atoms with Crippen LogP contribution in [0.1, 0.15) is 54.1 Å². The van der Waals surface area contributed by atoms with E-state index in [2.05, 4.69) is 28.1 Å². The van der Waals surface area contributed by atoms with Gasteiger partial charge in [0.05, 0.1) is 22.8 Å². The van der Waals surface area contributed by atoms with Gasteiger partial charge in [-0.25, -0.2) is 0 Å². The van der Waals surface area contributed by atoms with Crippen LogP contribution in [0.3, 0.4) is 0 Å². The summed E-state index contributed by atoms with van der Waals surface area (Å²) in [4.78, 5) is 15.6. The lowest BCUT2D eigenvalue weighted by molar-refractivity contribution is 0.0766. The summed E-state index contributed by atoms with van der Waals surface area (Å²) in [5.74, 6) is 6.44. The molecule has 1 aliphatic rings. The molecule has 1 aliphatic heterocycles. The Labute approximate surface area is 233 Å². The maximum atomic E-state index is 13.8. The van der Waals surface area contributed by atoms with E-state index >= 15 is 0 Å². The van der Waals surface area contributed by atoms with Crippen LogP contribution in [0.5, 0.6) is 0 Å². The van der Waals surface area contributed by atoms with E-state index in [1.54, 1.807) is 42.2 Å². The van der Waals surface area contributed by atoms with Crippen molar-refractivity contribution in [3.8, 4) is 40.5 Å². The zero-order valence-electron chi connectivity index (χ0n) is 22.5. The smallest absolute Gasteiger partial charge is 0.254 e. The normalized spacial score (nSPS) is 16.1. The molecular formula is C32H30N6O2. The molecule has 8 nitrogen and oxygen atoms in total. The van der Waals surface area contributed by atoms with E-state index in [0.717, 1.165) is 18.4 Å². The lowest BCUT2D eigenvalue weighted by atomic mass is 9.94. The monoisotopic (exact) mass is 530 g/mol. The number of rotatable bonds is 6. The fraction of sp³-hybridized carbons (Fsp3) is 0.250. The van der Waals surface area contributed by atoms with E-state index in [-0.39, 0.29) is 23.7 Å². The van der Waals surface area contributed by atoms with Gasteiger partial charge in [0, 0.05) is 23.2 Å². The second-order valence-corrected chi connectivity index (χ2v) is 10.2. The van der Waals surface area contributed by atoms with Crippen molar-refractivity contribution in [2.24, 2.45) is 5.73 Å². The van der Waals surface area contributed by atoms with Gasteiger partial charge in [0.2, 0.25) is 11.8 Å². The fourth-order valence-corrected chi connectivity index (χ4v) is 5.12. The summed E-state index contributed by atoms with van der Waals surface area (Å²) in [7, 11) is 0. The van der Waals surface area contributed by atoms with E-state index in [1.165, 1.54) is 0 Å². The predicted octanol–water partition coefficient (Wildman–Crippen LogP) is 4.90. The highest BCUT2D eigenvalue weighted by atomic mass is 16.4. The highest BCUT2D eigenvalue weighted by molar-refractivity contribution is 5.98. The molecule has 1 aromatic heterocycles. The van der Waals surface area contributed by atoms with Crippen molar-refractivity contribution >= 4 is 11.6 Å². The van der Waals surface area contributed by atoms with Gasteiger partial charge in [-0.05, 0) is 68.5 Å². The molecule has 1 fully saturated rings. The van der Waals surface area contributed by atoms with E-state index in [0.29, 0.717) is 46.5 Å². The van der Waals surface area contributed by atoms with Crippen molar-refractivity contribution in [3.63, 3.8) is 0 Å². The lowest BCUT2D eigenvalue weighted by Gasteiger charge is -2.21. The van der Waals surface area contributed by atoms with Crippen molar-refractivity contribution in [1.29, 1.82) is 5.26 Å². The van der Waals surface area contributed by atoms with Crippen molar-refractivity contribution in [3.05, 3.63) is 89.3 Å². The largest absolute Gasteiger partial charge is 0.419 e. The quantitative estimate of drug-likeness (QED) is 0.267. The summed E-state index contributed by atoms with van der Waals surface area (Å²) in [5, 5.41) is 18.4. The minimum atomic E-state index is -0.910. The summed E-state index contributed by atoms with van der Waals surface area (Å²) in [6.45, 7) is 4.24. The van der Waals surface area contributed by atoms with Gasteiger partial charge < -0.3 is 20.8 Å². The standard InChI is InChI=1S/C32H30N6O2/c1-3-9-25-12-8-15-38(25)30(39)24-17-22(26-13-7-14-28(34)27(26)20-33)16-23(18-24)29-36-37-31(40-29)32(2,35)19-21-10-5-4-6-11-21/h4-7,10-11,13-14,16-18,25H,8,12,15,19,34-35H2,1-2H3/t25?,32-/m1/s1. The molecule has 0 bridgehead atoms. The van der Waals surface area contributed by atoms with Crippen LogP contribution in [-0.2, 0) is 12.0 Å². The number of nitrogens with two attached hydrogens (primary N) is 2. The lowest BCUT2D eigenvalue weighted by Crippen LogP contribution is -2.35. The highest BCUT2D eigenvalue weighted by Crippen LogP contribution is 2.34. The number of hydrogen-bond donors (Lipinski definition) is 2. The Balaban J connectivity index is 1.58.